The summed E-state index contributed by atoms with van der Waals surface area (Å²) in [5, 5.41) is 4.70. The lowest BCUT2D eigenvalue weighted by atomic mass is 9.96. The van der Waals surface area contributed by atoms with E-state index in [-0.39, 0.29) is 0 Å². The summed E-state index contributed by atoms with van der Waals surface area (Å²) in [7, 11) is 0. The Morgan fingerprint density at radius 2 is 2.19 bits per heavy atom. The van der Waals surface area contributed by atoms with Gasteiger partial charge < -0.3 is 0 Å². The minimum atomic E-state index is 0.301. The third-order valence-corrected chi connectivity index (χ3v) is 4.02. The molecule has 16 heavy (non-hydrogen) atoms. The van der Waals surface area contributed by atoms with Crippen molar-refractivity contribution in [1.82, 2.24) is 9.78 Å². The number of aromatic nitrogens is 2. The van der Waals surface area contributed by atoms with Gasteiger partial charge in [-0.25, -0.2) is 0 Å². The van der Waals surface area contributed by atoms with Crippen molar-refractivity contribution in [3.8, 4) is 0 Å². The molecule has 1 aliphatic rings. The second-order valence-corrected chi connectivity index (χ2v) is 5.30. The molecule has 0 bridgehead atoms. The maximum Gasteiger partial charge on any atom is 0.0492 e. The predicted octanol–water partition coefficient (Wildman–Crippen LogP) is 3.95. The van der Waals surface area contributed by atoms with Crippen LogP contribution < -0.4 is 0 Å². The van der Waals surface area contributed by atoms with E-state index in [1.807, 2.05) is 6.20 Å². The first-order valence-corrected chi connectivity index (χ1v) is 6.92. The molecular formula is C13H21ClN2. The highest BCUT2D eigenvalue weighted by Crippen LogP contribution is 2.35. The van der Waals surface area contributed by atoms with Crippen LogP contribution in [0.25, 0.3) is 0 Å². The largest absolute Gasteiger partial charge is 0.269 e. The number of hydrogen-bond acceptors (Lipinski definition) is 1. The molecule has 0 aromatic carbocycles. The first-order chi connectivity index (χ1) is 7.83. The van der Waals surface area contributed by atoms with Crippen LogP contribution in [-0.4, -0.2) is 15.2 Å². The maximum absolute atomic E-state index is 6.51. The quantitative estimate of drug-likeness (QED) is 0.578. The predicted molar refractivity (Wildman–Crippen MR) is 68.0 cm³/mol. The highest BCUT2D eigenvalue weighted by molar-refractivity contribution is 6.21. The van der Waals surface area contributed by atoms with E-state index in [1.165, 1.54) is 31.4 Å². The fourth-order valence-electron chi connectivity index (χ4n) is 2.65. The topological polar surface area (TPSA) is 17.8 Å². The van der Waals surface area contributed by atoms with Crippen LogP contribution in [0.5, 0.6) is 0 Å². The smallest absolute Gasteiger partial charge is 0.0492 e. The Kier molecular flexibility index (Phi) is 4.28. The van der Waals surface area contributed by atoms with Gasteiger partial charge in [0.15, 0.2) is 0 Å². The molecule has 2 rings (SSSR count). The molecule has 0 spiro atoms. The van der Waals surface area contributed by atoms with Crippen molar-refractivity contribution in [1.29, 1.82) is 0 Å². The molecule has 1 aromatic heterocycles. The molecule has 2 atom stereocenters. The summed E-state index contributed by atoms with van der Waals surface area (Å²) in [6.07, 6.45) is 9.36. The third-order valence-electron chi connectivity index (χ3n) is 3.50. The van der Waals surface area contributed by atoms with Gasteiger partial charge in [0.1, 0.15) is 0 Å². The van der Waals surface area contributed by atoms with Crippen molar-refractivity contribution < 1.29 is 0 Å². The summed E-state index contributed by atoms with van der Waals surface area (Å²) in [5.41, 5.74) is 1.35. The highest BCUT2D eigenvalue weighted by atomic mass is 35.5. The fraction of sp³-hybridized carbons (Fsp3) is 0.769. The van der Waals surface area contributed by atoms with Gasteiger partial charge in [-0.2, -0.15) is 5.10 Å². The SMILES string of the molecule is CCCn1nccc1C1CCCCCC1Cl. The minimum absolute atomic E-state index is 0.301. The van der Waals surface area contributed by atoms with E-state index in [9.17, 15) is 0 Å². The summed E-state index contributed by atoms with van der Waals surface area (Å²) in [6, 6.07) is 2.15. The van der Waals surface area contributed by atoms with Crippen LogP contribution in [0.3, 0.4) is 0 Å². The van der Waals surface area contributed by atoms with E-state index in [4.69, 9.17) is 11.6 Å². The lowest BCUT2D eigenvalue weighted by Crippen LogP contribution is -2.16. The zero-order valence-electron chi connectivity index (χ0n) is 10.0. The van der Waals surface area contributed by atoms with Gasteiger partial charge in [-0.15, -0.1) is 11.6 Å². The normalized spacial score (nSPS) is 26.6. The highest BCUT2D eigenvalue weighted by Gasteiger charge is 2.25. The average molecular weight is 241 g/mol. The van der Waals surface area contributed by atoms with Gasteiger partial charge in [-0.05, 0) is 25.3 Å². The lowest BCUT2D eigenvalue weighted by Gasteiger charge is -2.20. The molecule has 0 radical (unpaired) electrons. The van der Waals surface area contributed by atoms with Crippen LogP contribution in [0.15, 0.2) is 12.3 Å². The van der Waals surface area contributed by atoms with Crippen molar-refractivity contribution in [2.75, 3.05) is 0 Å². The Balaban J connectivity index is 2.16. The fourth-order valence-corrected chi connectivity index (χ4v) is 3.06. The summed E-state index contributed by atoms with van der Waals surface area (Å²) in [6.45, 7) is 3.21. The molecule has 1 heterocycles. The van der Waals surface area contributed by atoms with E-state index >= 15 is 0 Å². The van der Waals surface area contributed by atoms with E-state index in [2.05, 4.69) is 22.8 Å². The zero-order chi connectivity index (χ0) is 11.4. The standard InChI is InChI=1S/C13H21ClN2/c1-2-10-16-13(8-9-15-16)11-6-4-3-5-7-12(11)14/h8-9,11-12H,2-7,10H2,1H3. The molecule has 1 fully saturated rings. The van der Waals surface area contributed by atoms with Crippen molar-refractivity contribution in [2.45, 2.75) is 63.3 Å². The summed E-state index contributed by atoms with van der Waals surface area (Å²) < 4.78 is 2.14. The van der Waals surface area contributed by atoms with Crippen LogP contribution in [0.1, 0.15) is 57.1 Å². The average Bonchev–Trinajstić information content (AvgIpc) is 2.61. The number of aryl methyl sites for hydroxylation is 1. The number of nitrogens with zero attached hydrogens (tertiary/aromatic N) is 2. The van der Waals surface area contributed by atoms with Gasteiger partial charge in [0, 0.05) is 29.7 Å². The minimum Gasteiger partial charge on any atom is -0.269 e. The maximum atomic E-state index is 6.51. The molecule has 1 aromatic rings. The lowest BCUT2D eigenvalue weighted by molar-refractivity contribution is 0.504. The molecule has 2 unspecified atom stereocenters. The van der Waals surface area contributed by atoms with Gasteiger partial charge in [0.05, 0.1) is 0 Å². The summed E-state index contributed by atoms with van der Waals surface area (Å²) >= 11 is 6.51. The van der Waals surface area contributed by atoms with E-state index in [1.54, 1.807) is 0 Å². The molecule has 2 nitrogen and oxygen atoms in total. The summed E-state index contributed by atoms with van der Waals surface area (Å²) in [4.78, 5) is 0. The van der Waals surface area contributed by atoms with E-state index in [0.717, 1.165) is 19.4 Å². The van der Waals surface area contributed by atoms with Gasteiger partial charge in [0.25, 0.3) is 0 Å². The second-order valence-electron chi connectivity index (χ2n) is 4.74. The Morgan fingerprint density at radius 3 is 3.00 bits per heavy atom. The first kappa shape index (κ1) is 12.0. The summed E-state index contributed by atoms with van der Waals surface area (Å²) in [5.74, 6) is 0.512. The van der Waals surface area contributed by atoms with Crippen LogP contribution in [0, 0.1) is 0 Å². The molecule has 0 saturated heterocycles. The van der Waals surface area contributed by atoms with Crippen LogP contribution in [0.2, 0.25) is 0 Å². The Bertz CT molecular complexity index is 321. The number of rotatable bonds is 3. The first-order valence-electron chi connectivity index (χ1n) is 6.48. The zero-order valence-corrected chi connectivity index (χ0v) is 10.8. The monoisotopic (exact) mass is 240 g/mol. The van der Waals surface area contributed by atoms with Crippen LogP contribution in [0.4, 0.5) is 0 Å². The third kappa shape index (κ3) is 2.60. The van der Waals surface area contributed by atoms with Crippen molar-refractivity contribution >= 4 is 11.6 Å². The molecular weight excluding hydrogens is 220 g/mol. The molecule has 0 N–H and O–H groups in total. The molecule has 1 aliphatic carbocycles. The van der Waals surface area contributed by atoms with E-state index < -0.39 is 0 Å². The molecule has 1 saturated carbocycles. The Labute approximate surface area is 103 Å². The Morgan fingerprint density at radius 1 is 1.38 bits per heavy atom. The number of alkyl halides is 1. The van der Waals surface area contributed by atoms with Gasteiger partial charge in [0.2, 0.25) is 0 Å². The number of halogens is 1. The van der Waals surface area contributed by atoms with E-state index in [0.29, 0.717) is 11.3 Å². The molecule has 0 aliphatic heterocycles. The van der Waals surface area contributed by atoms with Crippen molar-refractivity contribution in [2.24, 2.45) is 0 Å². The molecule has 3 heteroatoms. The van der Waals surface area contributed by atoms with Crippen molar-refractivity contribution in [3.63, 3.8) is 0 Å². The van der Waals surface area contributed by atoms with Gasteiger partial charge >= 0.3 is 0 Å². The second kappa shape index (κ2) is 5.72. The number of hydrogen-bond donors (Lipinski definition) is 0. The molecule has 0 amide bonds. The molecule has 90 valence electrons. The Hall–Kier alpha value is -0.500. The van der Waals surface area contributed by atoms with Gasteiger partial charge in [-0.3, -0.25) is 4.68 Å². The van der Waals surface area contributed by atoms with Crippen LogP contribution >= 0.6 is 11.6 Å². The van der Waals surface area contributed by atoms with Gasteiger partial charge in [-0.1, -0.05) is 26.2 Å². The van der Waals surface area contributed by atoms with Crippen molar-refractivity contribution in [3.05, 3.63) is 18.0 Å². The van der Waals surface area contributed by atoms with Crippen LogP contribution in [-0.2, 0) is 6.54 Å².